The van der Waals surface area contributed by atoms with E-state index in [4.69, 9.17) is 10.2 Å². The largest absolute Gasteiger partial charge is 0.508 e. The number of amides is 7. The fraction of sp³-hybridized carbons (Fsp3) is 0.440. The molecule has 0 saturated carbocycles. The maximum Gasteiger partial charge on any atom is 0.305 e. The van der Waals surface area contributed by atoms with Gasteiger partial charge in [0.25, 0.3) is 0 Å². The minimum Gasteiger partial charge on any atom is -0.508 e. The third-order valence-corrected chi connectivity index (χ3v) is 12.4. The number of carbonyl (C=O) groups is 10. The Hall–Kier alpha value is -8.08. The summed E-state index contributed by atoms with van der Waals surface area (Å²) in [5.74, 6) is -12.0. The van der Waals surface area contributed by atoms with Gasteiger partial charge in [0.15, 0.2) is 0 Å². The highest BCUT2D eigenvalue weighted by molar-refractivity contribution is 6.07. The maximum absolute atomic E-state index is 14.4. The Morgan fingerprint density at radius 1 is 0.603 bits per heavy atom. The van der Waals surface area contributed by atoms with Crippen LogP contribution in [0.15, 0.2) is 65.1 Å². The van der Waals surface area contributed by atoms with Crippen LogP contribution in [0, 0.1) is 5.92 Å². The van der Waals surface area contributed by atoms with Crippen LogP contribution in [-0.2, 0) is 67.2 Å². The van der Waals surface area contributed by atoms with Crippen LogP contribution in [0.25, 0.3) is 21.9 Å². The minimum atomic E-state index is -1.89. The first-order valence-corrected chi connectivity index (χ1v) is 23.9. The lowest BCUT2D eigenvalue weighted by Gasteiger charge is -2.29. The molecule has 7 amide bonds. The molecule has 13 N–H and O–H groups in total. The van der Waals surface area contributed by atoms with Gasteiger partial charge in [0, 0.05) is 30.2 Å². The van der Waals surface area contributed by atoms with Crippen molar-refractivity contribution in [2.45, 2.75) is 121 Å². The molecule has 73 heavy (non-hydrogen) atoms. The first-order valence-electron chi connectivity index (χ1n) is 23.9. The molecular formula is C50H62N8O15. The van der Waals surface area contributed by atoms with Crippen LogP contribution in [0.4, 0.5) is 0 Å². The number of furan rings is 1. The number of aromatic hydroxyl groups is 1. The number of phenolic OH excluding ortho intramolecular Hbond substituents is 1. The molecule has 1 aliphatic heterocycles. The number of carbonyl (C=O) groups excluding carboxylic acids is 7. The van der Waals surface area contributed by atoms with Crippen molar-refractivity contribution in [2.75, 3.05) is 13.1 Å². The molecule has 4 aromatic rings. The molecule has 0 saturated heterocycles. The van der Waals surface area contributed by atoms with Gasteiger partial charge in [0.05, 0.1) is 19.3 Å². The van der Waals surface area contributed by atoms with Crippen molar-refractivity contribution in [3.05, 3.63) is 77.4 Å². The second-order valence-electron chi connectivity index (χ2n) is 17.9. The number of para-hydroxylation sites is 2. The molecule has 23 heteroatoms. The van der Waals surface area contributed by atoms with Gasteiger partial charge in [0.2, 0.25) is 41.4 Å². The van der Waals surface area contributed by atoms with Gasteiger partial charge in [-0.25, -0.2) is 0 Å². The molecule has 0 spiro atoms. The van der Waals surface area contributed by atoms with E-state index in [0.29, 0.717) is 45.0 Å². The third kappa shape index (κ3) is 16.0. The van der Waals surface area contributed by atoms with E-state index < -0.39 is 121 Å². The van der Waals surface area contributed by atoms with Gasteiger partial charge in [-0.3, -0.25) is 47.9 Å². The van der Waals surface area contributed by atoms with E-state index in [1.807, 2.05) is 0 Å². The van der Waals surface area contributed by atoms with E-state index in [9.17, 15) is 68.4 Å². The van der Waals surface area contributed by atoms with Crippen LogP contribution in [0.5, 0.6) is 5.75 Å². The summed E-state index contributed by atoms with van der Waals surface area (Å²) in [6.45, 7) is 3.43. The lowest BCUT2D eigenvalue weighted by molar-refractivity contribution is -0.143. The van der Waals surface area contributed by atoms with E-state index in [0.717, 1.165) is 0 Å². The molecule has 3 aromatic carbocycles. The molecule has 0 fully saturated rings. The third-order valence-electron chi connectivity index (χ3n) is 12.4. The summed E-state index contributed by atoms with van der Waals surface area (Å²) in [4.78, 5) is 134. The van der Waals surface area contributed by atoms with Gasteiger partial charge in [-0.1, -0.05) is 68.8 Å². The van der Waals surface area contributed by atoms with E-state index in [1.54, 1.807) is 50.2 Å². The highest BCUT2D eigenvalue weighted by Crippen LogP contribution is 2.33. The fourth-order valence-electron chi connectivity index (χ4n) is 8.31. The number of benzene rings is 3. The van der Waals surface area contributed by atoms with Gasteiger partial charge in [-0.05, 0) is 73.4 Å². The Morgan fingerprint density at radius 3 is 1.64 bits per heavy atom. The molecule has 0 unspecified atom stereocenters. The summed E-state index contributed by atoms with van der Waals surface area (Å²) in [6.07, 6.45) is -2.32. The van der Waals surface area contributed by atoms with E-state index in [-0.39, 0.29) is 63.8 Å². The number of carboxylic acid groups (broad SMARTS) is 3. The van der Waals surface area contributed by atoms with E-state index in [1.165, 1.54) is 24.3 Å². The number of phenols is 1. The minimum absolute atomic E-state index is 0.0692. The number of nitrogens with one attached hydrogen (secondary N) is 7. The first kappa shape index (κ1) is 55.8. The average Bonchev–Trinajstić information content (AvgIpc) is 3.73. The zero-order chi connectivity index (χ0) is 53.4. The van der Waals surface area contributed by atoms with Crippen molar-refractivity contribution < 1.29 is 72.8 Å². The van der Waals surface area contributed by atoms with Gasteiger partial charge in [0.1, 0.15) is 53.2 Å². The SMILES string of the molecule is CC[C@H](C)[C@@H]1NC(=O)[C@H](Cc2ccc(O)cc2)NC(=O)[C@H](CC(=O)O)NC(=O)CCc2cccc3c2oc2c(cccc23)CCNC(=O)[C@H](CC(=O)O)NC(=O)[C@H](CC(=O)O)NC(=O)[C@H](CCCCN)NC1=O. The van der Waals surface area contributed by atoms with Gasteiger partial charge < -0.3 is 67.8 Å². The number of hydrogen-bond acceptors (Lipinski definition) is 13. The highest BCUT2D eigenvalue weighted by atomic mass is 16.4. The number of nitrogens with two attached hydrogens (primary N) is 1. The van der Waals surface area contributed by atoms with Crippen LogP contribution in [0.1, 0.15) is 81.9 Å². The summed E-state index contributed by atoms with van der Waals surface area (Å²) in [5.41, 5.74) is 8.19. The second kappa shape index (κ2) is 26.4. The van der Waals surface area contributed by atoms with Crippen molar-refractivity contribution in [3.8, 4) is 5.75 Å². The average molecular weight is 1020 g/mol. The predicted molar refractivity (Wildman–Crippen MR) is 261 cm³/mol. The Bertz CT molecular complexity index is 2690. The smallest absolute Gasteiger partial charge is 0.305 e. The number of rotatable bonds is 14. The number of fused-ring (bicyclic) bond motifs is 1. The molecule has 0 aliphatic carbocycles. The molecule has 2 bridgehead atoms. The number of hydrogen-bond donors (Lipinski definition) is 12. The van der Waals surface area contributed by atoms with Gasteiger partial charge >= 0.3 is 17.9 Å². The molecule has 7 atom stereocenters. The van der Waals surface area contributed by atoms with Crippen molar-refractivity contribution >= 4 is 81.2 Å². The molecule has 392 valence electrons. The fourth-order valence-corrected chi connectivity index (χ4v) is 8.31. The number of carboxylic acids is 3. The molecule has 1 aromatic heterocycles. The lowest BCUT2D eigenvalue weighted by atomic mass is 9.96. The number of unbranched alkanes of at least 4 members (excludes halogenated alkanes) is 1. The monoisotopic (exact) mass is 1010 g/mol. The Kier molecular flexibility index (Phi) is 20.2. The van der Waals surface area contributed by atoms with Crippen LogP contribution in [-0.4, -0.2) is 129 Å². The van der Waals surface area contributed by atoms with Crippen LogP contribution >= 0.6 is 0 Å². The Morgan fingerprint density at radius 2 is 1.10 bits per heavy atom. The molecule has 1 aliphatic rings. The van der Waals surface area contributed by atoms with Crippen LogP contribution < -0.4 is 43.0 Å². The summed E-state index contributed by atoms with van der Waals surface area (Å²) >= 11 is 0. The second-order valence-corrected chi connectivity index (χ2v) is 17.9. The first-order chi connectivity index (χ1) is 34.8. The number of aliphatic carboxylic acids is 3. The van der Waals surface area contributed by atoms with Crippen LogP contribution in [0.3, 0.4) is 0 Å². The number of aryl methyl sites for hydroxylation is 1. The molecular weight excluding hydrogens is 953 g/mol. The van der Waals surface area contributed by atoms with Crippen molar-refractivity contribution in [1.29, 1.82) is 0 Å². The molecule has 2 heterocycles. The highest BCUT2D eigenvalue weighted by Gasteiger charge is 2.36. The van der Waals surface area contributed by atoms with Gasteiger partial charge in [-0.2, -0.15) is 0 Å². The zero-order valence-corrected chi connectivity index (χ0v) is 40.4. The molecule has 0 radical (unpaired) electrons. The van der Waals surface area contributed by atoms with E-state index >= 15 is 0 Å². The van der Waals surface area contributed by atoms with Crippen molar-refractivity contribution in [2.24, 2.45) is 11.7 Å². The Labute approximate surface area is 418 Å². The predicted octanol–water partition coefficient (Wildman–Crippen LogP) is 0.647. The topological polar surface area (TPSA) is 375 Å². The summed E-state index contributed by atoms with van der Waals surface area (Å²) in [7, 11) is 0. The Balaban J connectivity index is 1.56. The van der Waals surface area contributed by atoms with Crippen molar-refractivity contribution in [1.82, 2.24) is 37.2 Å². The lowest BCUT2D eigenvalue weighted by Crippen LogP contribution is -2.61. The quantitative estimate of drug-likeness (QED) is 0.0772. The maximum atomic E-state index is 14.4. The summed E-state index contributed by atoms with van der Waals surface area (Å²) < 4.78 is 6.36. The standard InChI is InChI=1S/C50H62N8O15/c1-3-26(2)42-50(72)54-33(12-4-5-20-51)46(68)57-37(25-41(65)66)48(70)56-35(23-39(61)62)45(67)52-21-19-29-9-7-11-32-31-10-6-8-28(43(31)73-44(29)32)15-18-38(60)53-36(24-40(63)64)47(69)55-34(49(71)58-42)22-27-13-16-30(59)17-14-27/h6-11,13-14,16-17,26,33-37,42,59H,3-5,12,15,18-25,51H2,1-2H3,(H,52,67)(H,53,60)(H,54,72)(H,55,69)(H,56,70)(H,57,68)(H,58,71)(H,61,62)(H,63,64)(H,65,66)/t26-,33-,34-,35-,36-,37-,42-/m0/s1. The van der Waals surface area contributed by atoms with E-state index in [2.05, 4.69) is 37.2 Å². The van der Waals surface area contributed by atoms with Gasteiger partial charge in [-0.15, -0.1) is 0 Å². The zero-order valence-electron chi connectivity index (χ0n) is 40.4. The molecule has 23 nitrogen and oxygen atoms in total. The molecule has 5 rings (SSSR count). The summed E-state index contributed by atoms with van der Waals surface area (Å²) in [5, 5.41) is 58.1. The van der Waals surface area contributed by atoms with Crippen molar-refractivity contribution in [3.63, 3.8) is 0 Å². The summed E-state index contributed by atoms with van der Waals surface area (Å²) in [6, 6.07) is 6.46. The normalized spacial score (nSPS) is 21.8. The van der Waals surface area contributed by atoms with Crippen LogP contribution in [0.2, 0.25) is 0 Å².